The van der Waals surface area contributed by atoms with Crippen LogP contribution in [0.25, 0.3) is 0 Å². The predicted octanol–water partition coefficient (Wildman–Crippen LogP) is 1.90. The van der Waals surface area contributed by atoms with E-state index in [1.807, 2.05) is 0 Å². The van der Waals surface area contributed by atoms with E-state index in [0.29, 0.717) is 12.6 Å². The molecule has 1 aliphatic carbocycles. The monoisotopic (exact) mass is 376 g/mol. The first-order valence-electron chi connectivity index (χ1n) is 10.1. The standard InChI is InChI=1S/C21H32N2O4/c1-25-19-9-15-5-3-7-18(17(15)10-20(19)26-2)22-12-21(13-24)14-27-11-16-6-4-8-23(16)21/h9-10,16,18,22,24H,3-8,11-14H2,1-2H3/t16-,18?,21+/m1/s1. The average Bonchev–Trinajstić information content (AvgIpc) is 3.21. The Balaban J connectivity index is 1.54. The second kappa shape index (κ2) is 7.95. The zero-order valence-electron chi connectivity index (χ0n) is 16.5. The maximum Gasteiger partial charge on any atom is 0.161 e. The molecule has 0 aromatic heterocycles. The SMILES string of the molecule is COc1cc2c(cc1OC)C(NC[C@]1(CO)COC[C@H]3CCCN31)CCC2. The van der Waals surface area contributed by atoms with Gasteiger partial charge in [0.2, 0.25) is 0 Å². The molecule has 2 saturated heterocycles. The summed E-state index contributed by atoms with van der Waals surface area (Å²) in [6.45, 7) is 3.31. The molecule has 0 spiro atoms. The third kappa shape index (κ3) is 3.44. The minimum atomic E-state index is -0.312. The van der Waals surface area contributed by atoms with Gasteiger partial charge in [-0.25, -0.2) is 0 Å². The van der Waals surface area contributed by atoms with E-state index in [9.17, 15) is 5.11 Å². The van der Waals surface area contributed by atoms with Crippen LogP contribution in [-0.4, -0.2) is 68.7 Å². The molecule has 3 atom stereocenters. The summed E-state index contributed by atoms with van der Waals surface area (Å²) in [5, 5.41) is 14.0. The second-order valence-corrected chi connectivity index (χ2v) is 8.12. The second-order valence-electron chi connectivity index (χ2n) is 8.12. The van der Waals surface area contributed by atoms with Crippen molar-refractivity contribution < 1.29 is 19.3 Å². The lowest BCUT2D eigenvalue weighted by Crippen LogP contribution is -2.65. The number of ether oxygens (including phenoxy) is 3. The molecule has 27 heavy (non-hydrogen) atoms. The molecule has 4 rings (SSSR count). The van der Waals surface area contributed by atoms with Crippen LogP contribution in [0.4, 0.5) is 0 Å². The number of methoxy groups -OCH3 is 2. The maximum atomic E-state index is 10.3. The molecule has 0 amide bonds. The molecular formula is C21H32N2O4. The van der Waals surface area contributed by atoms with Crippen LogP contribution in [0, 0.1) is 0 Å². The third-order valence-corrected chi connectivity index (χ3v) is 6.60. The van der Waals surface area contributed by atoms with Gasteiger partial charge in [-0.3, -0.25) is 4.90 Å². The number of rotatable bonds is 6. The van der Waals surface area contributed by atoms with Crippen molar-refractivity contribution in [1.82, 2.24) is 10.2 Å². The first-order chi connectivity index (χ1) is 13.2. The number of hydrogen-bond acceptors (Lipinski definition) is 6. The molecule has 3 aliphatic rings. The van der Waals surface area contributed by atoms with E-state index in [2.05, 4.69) is 22.3 Å². The molecule has 2 N–H and O–H groups in total. The van der Waals surface area contributed by atoms with E-state index >= 15 is 0 Å². The largest absolute Gasteiger partial charge is 0.493 e. The van der Waals surface area contributed by atoms with E-state index in [0.717, 1.165) is 50.5 Å². The van der Waals surface area contributed by atoms with E-state index in [1.54, 1.807) is 14.2 Å². The highest BCUT2D eigenvalue weighted by molar-refractivity contribution is 5.49. The zero-order valence-corrected chi connectivity index (χ0v) is 16.5. The summed E-state index contributed by atoms with van der Waals surface area (Å²) in [6.07, 6.45) is 5.67. The molecule has 150 valence electrons. The molecule has 2 fully saturated rings. The molecule has 6 heteroatoms. The summed E-state index contributed by atoms with van der Waals surface area (Å²) in [6, 6.07) is 4.95. The summed E-state index contributed by atoms with van der Waals surface area (Å²) in [5.74, 6) is 1.58. The lowest BCUT2D eigenvalue weighted by atomic mass is 9.86. The van der Waals surface area contributed by atoms with Crippen LogP contribution in [0.2, 0.25) is 0 Å². The van der Waals surface area contributed by atoms with Crippen molar-refractivity contribution in [2.24, 2.45) is 0 Å². The Kier molecular flexibility index (Phi) is 5.60. The number of benzene rings is 1. The number of aryl methyl sites for hydroxylation is 1. The number of nitrogens with zero attached hydrogens (tertiary/aromatic N) is 1. The summed E-state index contributed by atoms with van der Waals surface area (Å²) in [7, 11) is 3.37. The van der Waals surface area contributed by atoms with Gasteiger partial charge in [0.1, 0.15) is 0 Å². The lowest BCUT2D eigenvalue weighted by Gasteiger charge is -2.48. The Hall–Kier alpha value is -1.34. The van der Waals surface area contributed by atoms with Crippen LogP contribution in [0.5, 0.6) is 11.5 Å². The van der Waals surface area contributed by atoms with Crippen LogP contribution in [0.15, 0.2) is 12.1 Å². The third-order valence-electron chi connectivity index (χ3n) is 6.60. The Morgan fingerprint density at radius 1 is 1.22 bits per heavy atom. The maximum absolute atomic E-state index is 10.3. The van der Waals surface area contributed by atoms with Crippen molar-refractivity contribution >= 4 is 0 Å². The van der Waals surface area contributed by atoms with Gasteiger partial charge in [0.05, 0.1) is 39.6 Å². The van der Waals surface area contributed by atoms with Crippen molar-refractivity contribution in [3.05, 3.63) is 23.3 Å². The van der Waals surface area contributed by atoms with Crippen molar-refractivity contribution in [2.75, 3.05) is 47.1 Å². The van der Waals surface area contributed by atoms with Gasteiger partial charge in [0, 0.05) is 18.6 Å². The van der Waals surface area contributed by atoms with Crippen molar-refractivity contribution in [2.45, 2.75) is 49.7 Å². The first-order valence-corrected chi connectivity index (χ1v) is 10.1. The van der Waals surface area contributed by atoms with Crippen molar-refractivity contribution in [3.63, 3.8) is 0 Å². The Labute approximate surface area is 161 Å². The number of morpholine rings is 1. The fraction of sp³-hybridized carbons (Fsp3) is 0.714. The number of aliphatic hydroxyl groups excluding tert-OH is 1. The van der Waals surface area contributed by atoms with Gasteiger partial charge in [-0.1, -0.05) is 0 Å². The van der Waals surface area contributed by atoms with Gasteiger partial charge >= 0.3 is 0 Å². The molecule has 2 aliphatic heterocycles. The van der Waals surface area contributed by atoms with E-state index in [-0.39, 0.29) is 18.2 Å². The van der Waals surface area contributed by atoms with Gasteiger partial charge in [0.15, 0.2) is 11.5 Å². The molecule has 0 saturated carbocycles. The number of aliphatic hydroxyl groups is 1. The molecule has 1 aromatic rings. The highest BCUT2D eigenvalue weighted by atomic mass is 16.5. The predicted molar refractivity (Wildman–Crippen MR) is 104 cm³/mol. The number of nitrogens with one attached hydrogen (secondary N) is 1. The van der Waals surface area contributed by atoms with Crippen LogP contribution in [-0.2, 0) is 11.2 Å². The average molecular weight is 376 g/mol. The van der Waals surface area contributed by atoms with E-state index < -0.39 is 0 Å². The van der Waals surface area contributed by atoms with Crippen molar-refractivity contribution in [3.8, 4) is 11.5 Å². The van der Waals surface area contributed by atoms with Gasteiger partial charge in [0.25, 0.3) is 0 Å². The summed E-state index contributed by atoms with van der Waals surface area (Å²) in [4.78, 5) is 2.49. The van der Waals surface area contributed by atoms with Crippen molar-refractivity contribution in [1.29, 1.82) is 0 Å². The molecule has 1 unspecified atom stereocenters. The van der Waals surface area contributed by atoms with E-state index in [4.69, 9.17) is 14.2 Å². The quantitative estimate of drug-likeness (QED) is 0.791. The molecule has 2 heterocycles. The Morgan fingerprint density at radius 3 is 2.81 bits per heavy atom. The normalized spacial score (nSPS) is 30.6. The van der Waals surface area contributed by atoms with Crippen LogP contribution >= 0.6 is 0 Å². The van der Waals surface area contributed by atoms with Gasteiger partial charge in [-0.05, 0) is 61.9 Å². The lowest BCUT2D eigenvalue weighted by molar-refractivity contribution is -0.107. The first kappa shape index (κ1) is 19.0. The summed E-state index contributed by atoms with van der Waals surface area (Å²) < 4.78 is 16.9. The zero-order chi connectivity index (χ0) is 18.9. The Morgan fingerprint density at radius 2 is 2.04 bits per heavy atom. The Bertz CT molecular complexity index is 668. The topological polar surface area (TPSA) is 63.2 Å². The van der Waals surface area contributed by atoms with Crippen LogP contribution in [0.1, 0.15) is 42.9 Å². The number of fused-ring (bicyclic) bond motifs is 2. The smallest absolute Gasteiger partial charge is 0.161 e. The molecule has 0 radical (unpaired) electrons. The fourth-order valence-electron chi connectivity index (χ4n) is 5.10. The molecule has 6 nitrogen and oxygen atoms in total. The minimum absolute atomic E-state index is 0.127. The van der Waals surface area contributed by atoms with Gasteiger partial charge in [-0.2, -0.15) is 0 Å². The summed E-state index contributed by atoms with van der Waals surface area (Å²) >= 11 is 0. The van der Waals surface area contributed by atoms with Gasteiger partial charge < -0.3 is 24.6 Å². The molecule has 0 bridgehead atoms. The van der Waals surface area contributed by atoms with Gasteiger partial charge in [-0.15, -0.1) is 0 Å². The highest BCUT2D eigenvalue weighted by Gasteiger charge is 2.46. The van der Waals surface area contributed by atoms with E-state index in [1.165, 1.54) is 24.0 Å². The van der Waals surface area contributed by atoms with Crippen LogP contribution < -0.4 is 14.8 Å². The minimum Gasteiger partial charge on any atom is -0.493 e. The molecular weight excluding hydrogens is 344 g/mol. The fourth-order valence-corrected chi connectivity index (χ4v) is 5.10. The summed E-state index contributed by atoms with van der Waals surface area (Å²) in [5.41, 5.74) is 2.31. The highest BCUT2D eigenvalue weighted by Crippen LogP contribution is 2.39. The molecule has 1 aromatic carbocycles. The number of hydrogen-bond donors (Lipinski definition) is 2. The van der Waals surface area contributed by atoms with Crippen LogP contribution in [0.3, 0.4) is 0 Å².